The topological polar surface area (TPSA) is 84.4 Å². The maximum Gasteiger partial charge on any atom is 0.188 e. The molecule has 0 radical (unpaired) electrons. The monoisotopic (exact) mass is 184 g/mol. The van der Waals surface area contributed by atoms with Gasteiger partial charge in [-0.1, -0.05) is 16.9 Å². The lowest BCUT2D eigenvalue weighted by molar-refractivity contribution is 0.318. The van der Waals surface area contributed by atoms with E-state index < -0.39 is 0 Å². The van der Waals surface area contributed by atoms with Crippen molar-refractivity contribution in [3.05, 3.63) is 18.0 Å². The Bertz CT molecular complexity index is 301. The van der Waals surface area contributed by atoms with Gasteiger partial charge in [-0.2, -0.15) is 0 Å². The van der Waals surface area contributed by atoms with Crippen LogP contribution in [0.5, 0.6) is 0 Å². The highest BCUT2D eigenvalue weighted by Gasteiger charge is 2.01. The molecule has 6 heteroatoms. The van der Waals surface area contributed by atoms with Crippen molar-refractivity contribution in [1.29, 1.82) is 0 Å². The third-order valence-corrected chi connectivity index (χ3v) is 1.75. The number of oxime groups is 1. The molecule has 0 atom stereocenters. The first-order valence-corrected chi connectivity index (χ1v) is 4.35. The van der Waals surface area contributed by atoms with Crippen molar-refractivity contribution >= 4 is 17.6 Å². The molecule has 1 rings (SSSR count). The SMILES string of the molecule is CSc1nccc(/C(N)=N/O)n1. The van der Waals surface area contributed by atoms with Gasteiger partial charge in [-0.3, -0.25) is 0 Å². The fraction of sp³-hybridized carbons (Fsp3) is 0.167. The molecule has 0 aliphatic heterocycles. The highest BCUT2D eigenvalue weighted by molar-refractivity contribution is 7.98. The van der Waals surface area contributed by atoms with E-state index in [4.69, 9.17) is 10.9 Å². The van der Waals surface area contributed by atoms with Gasteiger partial charge in [-0.15, -0.1) is 0 Å². The van der Waals surface area contributed by atoms with E-state index in [2.05, 4.69) is 15.1 Å². The molecule has 5 nitrogen and oxygen atoms in total. The standard InChI is InChI=1S/C6H8N4OS/c1-12-6-8-3-2-4(9-6)5(7)10-11/h2-3,11H,1H3,(H2,7,10). The van der Waals surface area contributed by atoms with Gasteiger partial charge >= 0.3 is 0 Å². The Kier molecular flexibility index (Phi) is 2.87. The molecular formula is C6H8N4OS. The Balaban J connectivity index is 3.02. The molecule has 12 heavy (non-hydrogen) atoms. The van der Waals surface area contributed by atoms with Crippen LogP contribution in [0.25, 0.3) is 0 Å². The van der Waals surface area contributed by atoms with Gasteiger partial charge in [0.25, 0.3) is 0 Å². The number of amidine groups is 1. The number of hydrogen-bond donors (Lipinski definition) is 2. The zero-order valence-electron chi connectivity index (χ0n) is 6.43. The van der Waals surface area contributed by atoms with E-state index in [-0.39, 0.29) is 5.84 Å². The molecule has 0 bridgehead atoms. The van der Waals surface area contributed by atoms with Gasteiger partial charge in [0.2, 0.25) is 0 Å². The summed E-state index contributed by atoms with van der Waals surface area (Å²) in [6.07, 6.45) is 3.41. The van der Waals surface area contributed by atoms with Gasteiger partial charge in [0.05, 0.1) is 0 Å². The summed E-state index contributed by atoms with van der Waals surface area (Å²) in [5.41, 5.74) is 5.75. The van der Waals surface area contributed by atoms with E-state index in [1.165, 1.54) is 11.8 Å². The molecular weight excluding hydrogens is 176 g/mol. The van der Waals surface area contributed by atoms with Crippen molar-refractivity contribution in [2.24, 2.45) is 10.9 Å². The van der Waals surface area contributed by atoms with Crippen molar-refractivity contribution in [2.75, 3.05) is 6.26 Å². The molecule has 0 saturated heterocycles. The van der Waals surface area contributed by atoms with Crippen molar-refractivity contribution in [3.63, 3.8) is 0 Å². The van der Waals surface area contributed by atoms with Crippen LogP contribution < -0.4 is 5.73 Å². The Hall–Kier alpha value is -1.30. The van der Waals surface area contributed by atoms with Crippen molar-refractivity contribution < 1.29 is 5.21 Å². The van der Waals surface area contributed by atoms with Gasteiger partial charge in [0.1, 0.15) is 5.69 Å². The molecule has 64 valence electrons. The molecule has 1 aromatic heterocycles. The van der Waals surface area contributed by atoms with E-state index in [0.29, 0.717) is 10.9 Å². The zero-order valence-corrected chi connectivity index (χ0v) is 7.25. The van der Waals surface area contributed by atoms with Crippen LogP contribution >= 0.6 is 11.8 Å². The summed E-state index contributed by atoms with van der Waals surface area (Å²) >= 11 is 1.40. The first-order chi connectivity index (χ1) is 5.77. The number of aromatic nitrogens is 2. The smallest absolute Gasteiger partial charge is 0.188 e. The number of hydrogen-bond acceptors (Lipinski definition) is 5. The predicted molar refractivity (Wildman–Crippen MR) is 46.3 cm³/mol. The van der Waals surface area contributed by atoms with Crippen molar-refractivity contribution in [1.82, 2.24) is 9.97 Å². The molecule has 0 aliphatic carbocycles. The fourth-order valence-electron chi connectivity index (χ4n) is 0.633. The average Bonchev–Trinajstić information content (AvgIpc) is 2.17. The number of nitrogens with two attached hydrogens (primary N) is 1. The molecule has 0 aliphatic rings. The molecule has 0 saturated carbocycles. The third-order valence-electron chi connectivity index (χ3n) is 1.19. The second kappa shape index (κ2) is 3.91. The first kappa shape index (κ1) is 8.79. The normalized spacial score (nSPS) is 11.6. The van der Waals surface area contributed by atoms with E-state index in [1.54, 1.807) is 12.3 Å². The maximum absolute atomic E-state index is 8.35. The van der Waals surface area contributed by atoms with Crippen LogP contribution in [0.15, 0.2) is 22.6 Å². The Morgan fingerprint density at radius 3 is 3.08 bits per heavy atom. The number of nitrogens with zero attached hydrogens (tertiary/aromatic N) is 3. The highest BCUT2D eigenvalue weighted by atomic mass is 32.2. The summed E-state index contributed by atoms with van der Waals surface area (Å²) in [5.74, 6) is -0.00676. The molecule has 0 aromatic carbocycles. The lowest BCUT2D eigenvalue weighted by Crippen LogP contribution is -2.15. The van der Waals surface area contributed by atoms with Crippen LogP contribution in [-0.4, -0.2) is 27.3 Å². The van der Waals surface area contributed by atoms with Gasteiger partial charge in [0, 0.05) is 6.20 Å². The Morgan fingerprint density at radius 2 is 2.50 bits per heavy atom. The van der Waals surface area contributed by atoms with Gasteiger partial charge in [-0.05, 0) is 12.3 Å². The highest BCUT2D eigenvalue weighted by Crippen LogP contribution is 2.06. The minimum Gasteiger partial charge on any atom is -0.409 e. The van der Waals surface area contributed by atoms with E-state index >= 15 is 0 Å². The molecule has 1 aromatic rings. The van der Waals surface area contributed by atoms with Crippen LogP contribution in [0, 0.1) is 0 Å². The van der Waals surface area contributed by atoms with E-state index in [0.717, 1.165) is 0 Å². The van der Waals surface area contributed by atoms with Gasteiger partial charge in [0.15, 0.2) is 11.0 Å². The molecule has 0 fully saturated rings. The minimum atomic E-state index is -0.00676. The van der Waals surface area contributed by atoms with E-state index in [9.17, 15) is 0 Å². The van der Waals surface area contributed by atoms with Crippen LogP contribution in [0.2, 0.25) is 0 Å². The summed E-state index contributed by atoms with van der Waals surface area (Å²) in [7, 11) is 0. The van der Waals surface area contributed by atoms with Crippen LogP contribution in [0.3, 0.4) is 0 Å². The molecule has 0 spiro atoms. The fourth-order valence-corrected chi connectivity index (χ4v) is 0.989. The quantitative estimate of drug-likeness (QED) is 0.172. The van der Waals surface area contributed by atoms with Crippen molar-refractivity contribution in [2.45, 2.75) is 5.16 Å². The van der Waals surface area contributed by atoms with Crippen LogP contribution in [-0.2, 0) is 0 Å². The summed E-state index contributed by atoms with van der Waals surface area (Å²) in [6, 6.07) is 1.58. The lowest BCUT2D eigenvalue weighted by atomic mass is 10.4. The van der Waals surface area contributed by atoms with E-state index in [1.807, 2.05) is 6.26 Å². The largest absolute Gasteiger partial charge is 0.409 e. The number of thioether (sulfide) groups is 1. The van der Waals surface area contributed by atoms with Gasteiger partial charge in [-0.25, -0.2) is 9.97 Å². The third kappa shape index (κ3) is 1.85. The van der Waals surface area contributed by atoms with Gasteiger partial charge < -0.3 is 10.9 Å². The minimum absolute atomic E-state index is 0.00676. The maximum atomic E-state index is 8.35. The second-order valence-corrected chi connectivity index (χ2v) is 2.69. The summed E-state index contributed by atoms with van der Waals surface area (Å²) in [5, 5.41) is 11.8. The number of rotatable bonds is 2. The molecule has 0 amide bonds. The van der Waals surface area contributed by atoms with Crippen LogP contribution in [0.4, 0.5) is 0 Å². The Morgan fingerprint density at radius 1 is 1.75 bits per heavy atom. The lowest BCUT2D eigenvalue weighted by Gasteiger charge is -1.98. The molecule has 1 heterocycles. The zero-order chi connectivity index (χ0) is 8.97. The predicted octanol–water partition coefficient (Wildman–Crippen LogP) is 0.293. The molecule has 3 N–H and O–H groups in total. The first-order valence-electron chi connectivity index (χ1n) is 3.13. The summed E-state index contributed by atoms with van der Waals surface area (Å²) in [4.78, 5) is 7.93. The summed E-state index contributed by atoms with van der Waals surface area (Å²) < 4.78 is 0. The second-order valence-electron chi connectivity index (χ2n) is 1.91. The average molecular weight is 184 g/mol. The Labute approximate surface area is 73.7 Å². The van der Waals surface area contributed by atoms with Crippen LogP contribution in [0.1, 0.15) is 5.69 Å². The summed E-state index contributed by atoms with van der Waals surface area (Å²) in [6.45, 7) is 0. The molecule has 0 unspecified atom stereocenters. The van der Waals surface area contributed by atoms with Crippen molar-refractivity contribution in [3.8, 4) is 0 Å².